The van der Waals surface area contributed by atoms with E-state index < -0.39 is 4.92 Å². The van der Waals surface area contributed by atoms with Gasteiger partial charge in [-0.1, -0.05) is 18.2 Å². The highest BCUT2D eigenvalue weighted by Gasteiger charge is 2.08. The number of aromatic hydroxyl groups is 1. The maximum Gasteiger partial charge on any atom is 0.270 e. The lowest BCUT2D eigenvalue weighted by atomic mass is 10.2. The van der Waals surface area contributed by atoms with Crippen LogP contribution in [0.15, 0.2) is 59.8 Å². The summed E-state index contributed by atoms with van der Waals surface area (Å²) in [5, 5.41) is 25.5. The van der Waals surface area contributed by atoms with E-state index in [1.54, 1.807) is 6.20 Å². The molecule has 0 atom stereocenters. The number of nitro benzene ring substituents is 1. The first kappa shape index (κ1) is 14.5. The van der Waals surface area contributed by atoms with Gasteiger partial charge in [0, 0.05) is 29.3 Å². The van der Waals surface area contributed by atoms with Gasteiger partial charge in [0.25, 0.3) is 5.69 Å². The van der Waals surface area contributed by atoms with Gasteiger partial charge in [-0.25, -0.2) is 0 Å². The number of anilines is 1. The van der Waals surface area contributed by atoms with Gasteiger partial charge in [0.1, 0.15) is 5.75 Å². The number of nitrogens with one attached hydrogen (secondary N) is 1. The number of aromatic nitrogens is 1. The number of hydrogen-bond acceptors (Lipinski definition) is 6. The second-order valence-corrected chi connectivity index (χ2v) is 4.75. The van der Waals surface area contributed by atoms with E-state index in [-0.39, 0.29) is 17.0 Å². The molecule has 0 spiro atoms. The predicted octanol–water partition coefficient (Wildman–Crippen LogP) is 3.29. The topological polar surface area (TPSA) is 101 Å². The molecule has 0 aliphatic rings. The standard InChI is InChI=1S/C16H12N4O3/c21-15-7-6-13(20(22)23)9-12(15)10-18-19-14-5-1-3-11-4-2-8-17-16(11)14/h1-10,19,21H. The van der Waals surface area contributed by atoms with Gasteiger partial charge in [0.05, 0.1) is 22.3 Å². The predicted molar refractivity (Wildman–Crippen MR) is 87.7 cm³/mol. The van der Waals surface area contributed by atoms with Crippen LogP contribution < -0.4 is 5.43 Å². The molecule has 2 N–H and O–H groups in total. The number of benzene rings is 2. The van der Waals surface area contributed by atoms with Crippen molar-refractivity contribution in [3.63, 3.8) is 0 Å². The molecule has 1 aromatic heterocycles. The molecule has 3 rings (SSSR count). The molecule has 0 radical (unpaired) electrons. The van der Waals surface area contributed by atoms with E-state index in [1.807, 2.05) is 30.3 Å². The van der Waals surface area contributed by atoms with Crippen molar-refractivity contribution in [2.24, 2.45) is 5.10 Å². The van der Waals surface area contributed by atoms with E-state index in [2.05, 4.69) is 15.5 Å². The summed E-state index contributed by atoms with van der Waals surface area (Å²) in [6.45, 7) is 0. The van der Waals surface area contributed by atoms with Crippen LogP contribution in [0.1, 0.15) is 5.56 Å². The Morgan fingerprint density at radius 1 is 1.22 bits per heavy atom. The summed E-state index contributed by atoms with van der Waals surface area (Å²) in [4.78, 5) is 14.5. The molecule has 0 amide bonds. The number of phenols is 1. The number of pyridine rings is 1. The number of phenolic OH excluding ortho intramolecular Hbond substituents is 1. The summed E-state index contributed by atoms with van der Waals surface area (Å²) >= 11 is 0. The molecule has 0 unspecified atom stereocenters. The lowest BCUT2D eigenvalue weighted by Crippen LogP contribution is -1.94. The first-order valence-electron chi connectivity index (χ1n) is 6.75. The minimum Gasteiger partial charge on any atom is -0.507 e. The molecule has 23 heavy (non-hydrogen) atoms. The molecule has 7 nitrogen and oxygen atoms in total. The second kappa shape index (κ2) is 6.10. The highest BCUT2D eigenvalue weighted by Crippen LogP contribution is 2.22. The lowest BCUT2D eigenvalue weighted by Gasteiger charge is -2.04. The fraction of sp³-hybridized carbons (Fsp3) is 0. The summed E-state index contributed by atoms with van der Waals surface area (Å²) in [6.07, 6.45) is 3.01. The molecule has 114 valence electrons. The van der Waals surface area contributed by atoms with Crippen LogP contribution in [-0.4, -0.2) is 21.2 Å². The third-order valence-corrected chi connectivity index (χ3v) is 3.24. The third-order valence-electron chi connectivity index (χ3n) is 3.24. The van der Waals surface area contributed by atoms with Crippen LogP contribution in [0.3, 0.4) is 0 Å². The maximum absolute atomic E-state index is 10.8. The number of nitro groups is 1. The van der Waals surface area contributed by atoms with Crippen molar-refractivity contribution in [1.29, 1.82) is 0 Å². The fourth-order valence-corrected chi connectivity index (χ4v) is 2.12. The largest absolute Gasteiger partial charge is 0.507 e. The summed E-state index contributed by atoms with van der Waals surface area (Å²) in [6, 6.07) is 13.1. The number of rotatable bonds is 4. The first-order valence-corrected chi connectivity index (χ1v) is 6.75. The van der Waals surface area contributed by atoms with Crippen LogP contribution in [0.5, 0.6) is 5.75 Å². The van der Waals surface area contributed by atoms with Gasteiger partial charge in [0.2, 0.25) is 0 Å². The number of nitrogens with zero attached hydrogens (tertiary/aromatic N) is 3. The van der Waals surface area contributed by atoms with Gasteiger partial charge >= 0.3 is 0 Å². The van der Waals surface area contributed by atoms with E-state index in [0.29, 0.717) is 5.69 Å². The number of para-hydroxylation sites is 1. The normalized spacial score (nSPS) is 11.0. The third kappa shape index (κ3) is 3.08. The monoisotopic (exact) mass is 308 g/mol. The van der Waals surface area contributed by atoms with Crippen molar-refractivity contribution in [2.75, 3.05) is 5.43 Å². The molecule has 0 aliphatic carbocycles. The Morgan fingerprint density at radius 2 is 2.04 bits per heavy atom. The van der Waals surface area contributed by atoms with Crippen molar-refractivity contribution >= 4 is 28.5 Å². The Hall–Kier alpha value is -3.48. The quantitative estimate of drug-likeness (QED) is 0.437. The van der Waals surface area contributed by atoms with Crippen molar-refractivity contribution in [2.45, 2.75) is 0 Å². The van der Waals surface area contributed by atoms with Gasteiger partial charge in [0.15, 0.2) is 0 Å². The smallest absolute Gasteiger partial charge is 0.270 e. The summed E-state index contributed by atoms with van der Waals surface area (Å²) in [5.74, 6) is -0.0859. The first-order chi connectivity index (χ1) is 11.1. The van der Waals surface area contributed by atoms with Crippen molar-refractivity contribution in [1.82, 2.24) is 4.98 Å². The molecule has 0 fully saturated rings. The SMILES string of the molecule is O=[N+]([O-])c1ccc(O)c(C=NNc2cccc3cccnc23)c1. The molecule has 3 aromatic rings. The molecule has 0 saturated carbocycles. The van der Waals surface area contributed by atoms with E-state index in [4.69, 9.17) is 0 Å². The van der Waals surface area contributed by atoms with Gasteiger partial charge < -0.3 is 5.11 Å². The Kier molecular flexibility index (Phi) is 3.84. The average Bonchev–Trinajstić information content (AvgIpc) is 2.56. The van der Waals surface area contributed by atoms with E-state index in [1.165, 1.54) is 24.4 Å². The van der Waals surface area contributed by atoms with Gasteiger partial charge in [-0.3, -0.25) is 20.5 Å². The number of fused-ring (bicyclic) bond motifs is 1. The highest BCUT2D eigenvalue weighted by atomic mass is 16.6. The van der Waals surface area contributed by atoms with Crippen LogP contribution in [0.2, 0.25) is 0 Å². The minimum atomic E-state index is -0.529. The van der Waals surface area contributed by atoms with Gasteiger partial charge in [-0.15, -0.1) is 0 Å². The van der Waals surface area contributed by atoms with E-state index in [0.717, 1.165) is 10.9 Å². The Bertz CT molecular complexity index is 903. The van der Waals surface area contributed by atoms with Crippen molar-refractivity contribution in [3.8, 4) is 5.75 Å². The van der Waals surface area contributed by atoms with Crippen LogP contribution in [0.25, 0.3) is 10.9 Å². The summed E-state index contributed by atoms with van der Waals surface area (Å²) in [7, 11) is 0. The van der Waals surface area contributed by atoms with Crippen LogP contribution in [-0.2, 0) is 0 Å². The highest BCUT2D eigenvalue weighted by molar-refractivity contribution is 5.91. The lowest BCUT2D eigenvalue weighted by molar-refractivity contribution is -0.384. The summed E-state index contributed by atoms with van der Waals surface area (Å²) < 4.78 is 0. The number of non-ortho nitro benzene ring substituents is 1. The van der Waals surface area contributed by atoms with Crippen molar-refractivity contribution < 1.29 is 10.0 Å². The number of hydrogen-bond donors (Lipinski definition) is 2. The zero-order valence-corrected chi connectivity index (χ0v) is 11.9. The van der Waals surface area contributed by atoms with Crippen LogP contribution in [0.4, 0.5) is 11.4 Å². The second-order valence-electron chi connectivity index (χ2n) is 4.75. The molecule has 0 bridgehead atoms. The number of hydrazone groups is 1. The van der Waals surface area contributed by atoms with Crippen LogP contribution >= 0.6 is 0 Å². The fourth-order valence-electron chi connectivity index (χ4n) is 2.12. The Balaban J connectivity index is 1.86. The maximum atomic E-state index is 10.8. The van der Waals surface area contributed by atoms with E-state index >= 15 is 0 Å². The van der Waals surface area contributed by atoms with Crippen molar-refractivity contribution in [3.05, 3.63) is 70.4 Å². The zero-order chi connectivity index (χ0) is 16.2. The zero-order valence-electron chi connectivity index (χ0n) is 11.9. The minimum absolute atomic E-state index is 0.0859. The molecule has 0 saturated heterocycles. The van der Waals surface area contributed by atoms with Crippen LogP contribution in [0, 0.1) is 10.1 Å². The van der Waals surface area contributed by atoms with Gasteiger partial charge in [-0.2, -0.15) is 5.10 Å². The molecule has 1 heterocycles. The molecule has 0 aliphatic heterocycles. The van der Waals surface area contributed by atoms with Gasteiger partial charge in [-0.05, 0) is 18.2 Å². The summed E-state index contributed by atoms with van der Waals surface area (Å²) in [5.41, 5.74) is 4.43. The Labute approximate surface area is 131 Å². The Morgan fingerprint density at radius 3 is 2.87 bits per heavy atom. The molecular weight excluding hydrogens is 296 g/mol. The van der Waals surface area contributed by atoms with E-state index in [9.17, 15) is 15.2 Å². The average molecular weight is 308 g/mol. The molecule has 7 heteroatoms. The molecule has 2 aromatic carbocycles. The molecular formula is C16H12N4O3.